The van der Waals surface area contributed by atoms with Crippen LogP contribution in [0.15, 0.2) is 5.16 Å². The standard InChI is InChI=1S/C10H18N2O/c13-11-9-5-1-2-6-10(9)12-7-3-4-8-12/h10,13H,1-8H2/b11-9-/t10-/m0/s1. The average Bonchev–Trinajstić information content (AvgIpc) is 2.70. The van der Waals surface area contributed by atoms with Gasteiger partial charge in [-0.05, 0) is 45.2 Å². The van der Waals surface area contributed by atoms with Gasteiger partial charge in [0.2, 0.25) is 0 Å². The van der Waals surface area contributed by atoms with Crippen molar-refractivity contribution in [3.63, 3.8) is 0 Å². The van der Waals surface area contributed by atoms with Crippen LogP contribution >= 0.6 is 0 Å². The van der Waals surface area contributed by atoms with Crippen molar-refractivity contribution in [2.24, 2.45) is 5.16 Å². The molecule has 1 atom stereocenters. The van der Waals surface area contributed by atoms with Gasteiger partial charge in [0.25, 0.3) is 0 Å². The van der Waals surface area contributed by atoms with E-state index in [1.54, 1.807) is 0 Å². The molecule has 1 saturated heterocycles. The molecule has 0 bridgehead atoms. The molecule has 0 radical (unpaired) electrons. The minimum Gasteiger partial charge on any atom is -0.411 e. The van der Waals surface area contributed by atoms with Crippen molar-refractivity contribution in [1.29, 1.82) is 0 Å². The van der Waals surface area contributed by atoms with Gasteiger partial charge in [-0.1, -0.05) is 11.6 Å². The van der Waals surface area contributed by atoms with Crippen molar-refractivity contribution in [2.75, 3.05) is 13.1 Å². The number of oxime groups is 1. The topological polar surface area (TPSA) is 35.8 Å². The van der Waals surface area contributed by atoms with Crippen LogP contribution in [0, 0.1) is 0 Å². The van der Waals surface area contributed by atoms with E-state index in [1.165, 1.54) is 45.2 Å². The van der Waals surface area contributed by atoms with Gasteiger partial charge in [0.1, 0.15) is 0 Å². The van der Waals surface area contributed by atoms with Crippen molar-refractivity contribution in [1.82, 2.24) is 4.90 Å². The summed E-state index contributed by atoms with van der Waals surface area (Å²) >= 11 is 0. The molecule has 0 aromatic carbocycles. The van der Waals surface area contributed by atoms with Gasteiger partial charge in [-0.25, -0.2) is 0 Å². The van der Waals surface area contributed by atoms with Gasteiger partial charge < -0.3 is 5.21 Å². The zero-order valence-corrected chi connectivity index (χ0v) is 8.08. The summed E-state index contributed by atoms with van der Waals surface area (Å²) in [6.07, 6.45) is 7.31. The zero-order chi connectivity index (χ0) is 9.10. The second-order valence-electron chi connectivity index (χ2n) is 4.10. The molecule has 3 heteroatoms. The number of hydrogen-bond donors (Lipinski definition) is 1. The van der Waals surface area contributed by atoms with Crippen molar-refractivity contribution in [3.8, 4) is 0 Å². The second kappa shape index (κ2) is 4.09. The fourth-order valence-corrected chi connectivity index (χ4v) is 2.54. The van der Waals surface area contributed by atoms with Crippen molar-refractivity contribution in [2.45, 2.75) is 44.6 Å². The first-order valence-corrected chi connectivity index (χ1v) is 5.36. The summed E-state index contributed by atoms with van der Waals surface area (Å²) in [5.41, 5.74) is 1.02. The molecule has 1 aliphatic carbocycles. The maximum absolute atomic E-state index is 8.88. The van der Waals surface area contributed by atoms with Gasteiger partial charge in [0, 0.05) is 0 Å². The highest BCUT2D eigenvalue weighted by atomic mass is 16.4. The predicted molar refractivity (Wildman–Crippen MR) is 52.3 cm³/mol. The Bertz CT molecular complexity index is 197. The largest absolute Gasteiger partial charge is 0.411 e. The third-order valence-corrected chi connectivity index (χ3v) is 3.25. The molecule has 0 unspecified atom stereocenters. The van der Waals surface area contributed by atoms with E-state index < -0.39 is 0 Å². The van der Waals surface area contributed by atoms with Crippen LogP contribution in [0.4, 0.5) is 0 Å². The molecule has 2 rings (SSSR count). The lowest BCUT2D eigenvalue weighted by Gasteiger charge is -2.31. The first-order valence-electron chi connectivity index (χ1n) is 5.36. The van der Waals surface area contributed by atoms with E-state index in [0.717, 1.165) is 12.1 Å². The molecular weight excluding hydrogens is 164 g/mol. The number of nitrogens with zero attached hydrogens (tertiary/aromatic N) is 2. The highest BCUT2D eigenvalue weighted by molar-refractivity contribution is 5.89. The minimum absolute atomic E-state index is 0.459. The van der Waals surface area contributed by atoms with Crippen LogP contribution in [0.2, 0.25) is 0 Å². The van der Waals surface area contributed by atoms with Crippen molar-refractivity contribution >= 4 is 5.71 Å². The average molecular weight is 182 g/mol. The van der Waals surface area contributed by atoms with E-state index in [4.69, 9.17) is 5.21 Å². The highest BCUT2D eigenvalue weighted by Crippen LogP contribution is 2.23. The van der Waals surface area contributed by atoms with Gasteiger partial charge in [0.05, 0.1) is 11.8 Å². The molecule has 0 amide bonds. The van der Waals surface area contributed by atoms with Crippen LogP contribution in [0.25, 0.3) is 0 Å². The molecule has 13 heavy (non-hydrogen) atoms. The smallest absolute Gasteiger partial charge is 0.0742 e. The lowest BCUT2D eigenvalue weighted by molar-refractivity contribution is 0.253. The third kappa shape index (κ3) is 1.85. The highest BCUT2D eigenvalue weighted by Gasteiger charge is 2.28. The minimum atomic E-state index is 0.459. The lowest BCUT2D eigenvalue weighted by atomic mass is 9.92. The molecular formula is C10H18N2O. The first-order chi connectivity index (χ1) is 6.42. The Labute approximate surface area is 79.4 Å². The molecule has 3 nitrogen and oxygen atoms in total. The Balaban J connectivity index is 2.01. The molecule has 0 aromatic rings. The summed E-state index contributed by atoms with van der Waals surface area (Å²) in [6.45, 7) is 2.40. The SMILES string of the molecule is O/N=C1/CCCC[C@@H]1N1CCCC1. The summed E-state index contributed by atoms with van der Waals surface area (Å²) in [5, 5.41) is 12.3. The molecule has 1 N–H and O–H groups in total. The summed E-state index contributed by atoms with van der Waals surface area (Å²) in [6, 6.07) is 0.459. The monoisotopic (exact) mass is 182 g/mol. The Hall–Kier alpha value is -0.570. The summed E-state index contributed by atoms with van der Waals surface area (Å²) in [7, 11) is 0. The third-order valence-electron chi connectivity index (χ3n) is 3.25. The maximum atomic E-state index is 8.88. The molecule has 0 spiro atoms. The van der Waals surface area contributed by atoms with Gasteiger partial charge in [0.15, 0.2) is 0 Å². The van der Waals surface area contributed by atoms with Crippen LogP contribution in [-0.2, 0) is 0 Å². The van der Waals surface area contributed by atoms with E-state index in [9.17, 15) is 0 Å². The quantitative estimate of drug-likeness (QED) is 0.496. The lowest BCUT2D eigenvalue weighted by Crippen LogP contribution is -2.41. The Kier molecular flexibility index (Phi) is 2.83. The number of rotatable bonds is 1. The van der Waals surface area contributed by atoms with E-state index in [1.807, 2.05) is 0 Å². The molecule has 2 aliphatic rings. The fourth-order valence-electron chi connectivity index (χ4n) is 2.54. The summed E-state index contributed by atoms with van der Waals surface area (Å²) in [5.74, 6) is 0. The number of likely N-dealkylation sites (tertiary alicyclic amines) is 1. The normalized spacial score (nSPS) is 34.2. The molecule has 0 aromatic heterocycles. The molecule has 74 valence electrons. The van der Waals surface area contributed by atoms with Gasteiger partial charge >= 0.3 is 0 Å². The van der Waals surface area contributed by atoms with Gasteiger partial charge in [-0.2, -0.15) is 0 Å². The van der Waals surface area contributed by atoms with E-state index >= 15 is 0 Å². The van der Waals surface area contributed by atoms with E-state index in [0.29, 0.717) is 6.04 Å². The summed E-state index contributed by atoms with van der Waals surface area (Å²) < 4.78 is 0. The van der Waals surface area contributed by atoms with E-state index in [-0.39, 0.29) is 0 Å². The Morgan fingerprint density at radius 3 is 2.62 bits per heavy atom. The predicted octanol–water partition coefficient (Wildman–Crippen LogP) is 1.85. The van der Waals surface area contributed by atoms with Crippen LogP contribution in [-0.4, -0.2) is 35.0 Å². The maximum Gasteiger partial charge on any atom is 0.0742 e. The van der Waals surface area contributed by atoms with Crippen LogP contribution in [0.5, 0.6) is 0 Å². The molecule has 2 fully saturated rings. The van der Waals surface area contributed by atoms with Crippen LogP contribution < -0.4 is 0 Å². The van der Waals surface area contributed by atoms with Crippen LogP contribution in [0.1, 0.15) is 38.5 Å². The Morgan fingerprint density at radius 2 is 1.92 bits per heavy atom. The van der Waals surface area contributed by atoms with E-state index in [2.05, 4.69) is 10.1 Å². The van der Waals surface area contributed by atoms with Gasteiger partial charge in [-0.3, -0.25) is 4.90 Å². The Morgan fingerprint density at radius 1 is 1.15 bits per heavy atom. The number of hydrogen-bond acceptors (Lipinski definition) is 3. The van der Waals surface area contributed by atoms with Crippen LogP contribution in [0.3, 0.4) is 0 Å². The zero-order valence-electron chi connectivity index (χ0n) is 8.08. The van der Waals surface area contributed by atoms with Crippen molar-refractivity contribution < 1.29 is 5.21 Å². The molecule has 1 aliphatic heterocycles. The fraction of sp³-hybridized carbons (Fsp3) is 0.900. The first kappa shape index (κ1) is 9.00. The summed E-state index contributed by atoms with van der Waals surface area (Å²) in [4.78, 5) is 2.48. The molecule has 1 heterocycles. The van der Waals surface area contributed by atoms with Crippen molar-refractivity contribution in [3.05, 3.63) is 0 Å². The second-order valence-corrected chi connectivity index (χ2v) is 4.10. The molecule has 1 saturated carbocycles. The van der Waals surface area contributed by atoms with Gasteiger partial charge in [-0.15, -0.1) is 0 Å².